The maximum Gasteiger partial charge on any atom is 0.310 e. The summed E-state index contributed by atoms with van der Waals surface area (Å²) in [5.74, 6) is -1.94. The van der Waals surface area contributed by atoms with Gasteiger partial charge in [0.15, 0.2) is 9.84 Å². The van der Waals surface area contributed by atoms with E-state index in [1.54, 1.807) is 13.1 Å². The molecule has 1 aromatic rings. The highest BCUT2D eigenvalue weighted by atomic mass is 32.2. The molecule has 1 unspecified atom stereocenters. The van der Waals surface area contributed by atoms with Crippen LogP contribution in [-0.2, 0) is 32.4 Å². The molecule has 0 aromatic carbocycles. The minimum Gasteiger partial charge on any atom is -0.481 e. The standard InChI is InChI=1S/C18H28N4O5S/c1-13(2)28(26,27)12-16(23)19-14(3)10-22-11-15(20-21-22)9-18(17(24)25)7-5-4-6-8-18/h4-5,11,13-14H,6-10,12H2,1-3H3,(H,19,23)(H,24,25)/t14-,18?/m0/s1. The smallest absolute Gasteiger partial charge is 0.310 e. The van der Waals surface area contributed by atoms with E-state index >= 15 is 0 Å². The van der Waals surface area contributed by atoms with Gasteiger partial charge < -0.3 is 10.4 Å². The van der Waals surface area contributed by atoms with Gasteiger partial charge in [-0.2, -0.15) is 0 Å². The summed E-state index contributed by atoms with van der Waals surface area (Å²) < 4.78 is 25.2. The molecule has 2 N–H and O–H groups in total. The van der Waals surface area contributed by atoms with Crippen LogP contribution < -0.4 is 5.32 Å². The molecule has 28 heavy (non-hydrogen) atoms. The van der Waals surface area contributed by atoms with Crippen molar-refractivity contribution in [3.8, 4) is 0 Å². The fourth-order valence-electron chi connectivity index (χ4n) is 3.17. The molecule has 10 heteroatoms. The minimum absolute atomic E-state index is 0.292. The van der Waals surface area contributed by atoms with Gasteiger partial charge in [0.1, 0.15) is 5.75 Å². The van der Waals surface area contributed by atoms with Crippen molar-refractivity contribution in [2.45, 2.75) is 64.3 Å². The van der Waals surface area contributed by atoms with Crippen LogP contribution in [0.3, 0.4) is 0 Å². The van der Waals surface area contributed by atoms with Crippen LogP contribution in [0.25, 0.3) is 0 Å². The molecule has 1 aliphatic carbocycles. The van der Waals surface area contributed by atoms with Crippen LogP contribution >= 0.6 is 0 Å². The molecule has 1 aromatic heterocycles. The van der Waals surface area contributed by atoms with Crippen molar-refractivity contribution in [1.82, 2.24) is 20.3 Å². The number of aliphatic carboxylic acids is 1. The van der Waals surface area contributed by atoms with E-state index in [2.05, 4.69) is 15.6 Å². The number of nitrogens with zero attached hydrogens (tertiary/aromatic N) is 3. The van der Waals surface area contributed by atoms with Crippen molar-refractivity contribution in [3.63, 3.8) is 0 Å². The molecule has 0 bridgehead atoms. The molecule has 0 saturated carbocycles. The van der Waals surface area contributed by atoms with Crippen LogP contribution in [0.15, 0.2) is 18.3 Å². The molecule has 0 saturated heterocycles. The Morgan fingerprint density at radius 1 is 1.32 bits per heavy atom. The van der Waals surface area contributed by atoms with Crippen LogP contribution in [0.4, 0.5) is 0 Å². The third kappa shape index (κ3) is 5.63. The van der Waals surface area contributed by atoms with Crippen LogP contribution in [0.1, 0.15) is 45.7 Å². The highest BCUT2D eigenvalue weighted by Crippen LogP contribution is 2.36. The van der Waals surface area contributed by atoms with Gasteiger partial charge in [-0.3, -0.25) is 14.3 Å². The number of allylic oxidation sites excluding steroid dienone is 2. The fraction of sp³-hybridized carbons (Fsp3) is 0.667. The minimum atomic E-state index is -3.45. The lowest BCUT2D eigenvalue weighted by atomic mass is 9.74. The van der Waals surface area contributed by atoms with Crippen molar-refractivity contribution in [3.05, 3.63) is 24.0 Å². The second kappa shape index (κ2) is 8.85. The third-order valence-electron chi connectivity index (χ3n) is 4.94. The largest absolute Gasteiger partial charge is 0.481 e. The van der Waals surface area contributed by atoms with Crippen molar-refractivity contribution in [1.29, 1.82) is 0 Å². The van der Waals surface area contributed by atoms with Gasteiger partial charge >= 0.3 is 5.97 Å². The number of sulfone groups is 1. The molecule has 0 aliphatic heterocycles. The van der Waals surface area contributed by atoms with Gasteiger partial charge in [0.25, 0.3) is 0 Å². The monoisotopic (exact) mass is 412 g/mol. The molecule has 2 rings (SSSR count). The molecule has 1 amide bonds. The Balaban J connectivity index is 1.94. The lowest BCUT2D eigenvalue weighted by molar-refractivity contribution is -0.149. The zero-order valence-corrected chi connectivity index (χ0v) is 17.3. The molecule has 2 atom stereocenters. The second-order valence-electron chi connectivity index (χ2n) is 7.73. The summed E-state index contributed by atoms with van der Waals surface area (Å²) in [7, 11) is -3.45. The highest BCUT2D eigenvalue weighted by molar-refractivity contribution is 7.92. The first kappa shape index (κ1) is 22.1. The molecular weight excluding hydrogens is 384 g/mol. The molecule has 156 valence electrons. The molecule has 0 fully saturated rings. The SMILES string of the molecule is CC(C)S(=O)(=O)CC(=O)N[C@@H](C)Cn1cc(CC2(C(=O)O)CC=CCC2)nn1. The molecule has 1 aliphatic rings. The number of hydrogen-bond donors (Lipinski definition) is 2. The third-order valence-corrected chi connectivity index (χ3v) is 7.04. The van der Waals surface area contributed by atoms with Crippen LogP contribution in [0.5, 0.6) is 0 Å². The Labute approximate surface area is 165 Å². The average molecular weight is 413 g/mol. The Kier molecular flexibility index (Phi) is 6.97. The van der Waals surface area contributed by atoms with E-state index in [-0.39, 0.29) is 6.04 Å². The van der Waals surface area contributed by atoms with Gasteiger partial charge in [0, 0.05) is 18.7 Å². The Bertz CT molecular complexity index is 846. The first-order chi connectivity index (χ1) is 13.0. The second-order valence-corrected chi connectivity index (χ2v) is 10.3. The van der Waals surface area contributed by atoms with Gasteiger partial charge in [-0.1, -0.05) is 17.4 Å². The van der Waals surface area contributed by atoms with Crippen molar-refractivity contribution >= 4 is 21.7 Å². The number of rotatable bonds is 9. The molecule has 0 radical (unpaired) electrons. The zero-order chi connectivity index (χ0) is 20.9. The quantitative estimate of drug-likeness (QED) is 0.577. The van der Waals surface area contributed by atoms with Crippen LogP contribution in [-0.4, -0.2) is 57.4 Å². The Hall–Kier alpha value is -2.23. The van der Waals surface area contributed by atoms with E-state index in [1.165, 1.54) is 18.5 Å². The van der Waals surface area contributed by atoms with Gasteiger partial charge in [-0.15, -0.1) is 5.10 Å². The Morgan fingerprint density at radius 3 is 2.61 bits per heavy atom. The number of carbonyl (C=O) groups excluding carboxylic acids is 1. The first-order valence-electron chi connectivity index (χ1n) is 9.32. The Morgan fingerprint density at radius 2 is 2.04 bits per heavy atom. The number of carboxylic acids is 1. The van der Waals surface area contributed by atoms with Gasteiger partial charge in [-0.25, -0.2) is 8.42 Å². The van der Waals surface area contributed by atoms with Gasteiger partial charge in [0.05, 0.1) is 22.9 Å². The maximum absolute atomic E-state index is 11.9. The summed E-state index contributed by atoms with van der Waals surface area (Å²) in [6.45, 7) is 5.12. The molecule has 9 nitrogen and oxygen atoms in total. The first-order valence-corrected chi connectivity index (χ1v) is 11.0. The molecule has 0 spiro atoms. The average Bonchev–Trinajstić information content (AvgIpc) is 3.01. The van der Waals surface area contributed by atoms with Crippen LogP contribution in [0.2, 0.25) is 0 Å². The molecular formula is C18H28N4O5S. The summed E-state index contributed by atoms with van der Waals surface area (Å²) >= 11 is 0. The molecule has 1 heterocycles. The van der Waals surface area contributed by atoms with Gasteiger partial charge in [-0.05, 0) is 40.0 Å². The van der Waals surface area contributed by atoms with E-state index in [4.69, 9.17) is 0 Å². The van der Waals surface area contributed by atoms with Gasteiger partial charge in [0.2, 0.25) is 5.91 Å². The van der Waals surface area contributed by atoms with E-state index in [1.807, 2.05) is 12.2 Å². The van der Waals surface area contributed by atoms with E-state index in [0.29, 0.717) is 31.5 Å². The summed E-state index contributed by atoms with van der Waals surface area (Å²) in [5, 5.41) is 19.8. The predicted molar refractivity (Wildman–Crippen MR) is 103 cm³/mol. The number of carboxylic acid groups (broad SMARTS) is 1. The van der Waals surface area contributed by atoms with Crippen molar-refractivity contribution in [2.24, 2.45) is 5.41 Å². The fourth-order valence-corrected chi connectivity index (χ4v) is 3.95. The van der Waals surface area contributed by atoms with Crippen LogP contribution in [0, 0.1) is 5.41 Å². The van der Waals surface area contributed by atoms with E-state index < -0.39 is 38.1 Å². The van der Waals surface area contributed by atoms with Crippen molar-refractivity contribution in [2.75, 3.05) is 5.75 Å². The highest BCUT2D eigenvalue weighted by Gasteiger charge is 2.39. The lowest BCUT2D eigenvalue weighted by Gasteiger charge is -2.29. The summed E-state index contributed by atoms with van der Waals surface area (Å²) in [4.78, 5) is 23.7. The number of amides is 1. The van der Waals surface area contributed by atoms with Crippen molar-refractivity contribution < 1.29 is 23.1 Å². The number of hydrogen-bond acceptors (Lipinski definition) is 6. The summed E-state index contributed by atoms with van der Waals surface area (Å²) in [6, 6.07) is -0.351. The summed E-state index contributed by atoms with van der Waals surface area (Å²) in [5.41, 5.74) is -0.278. The number of aromatic nitrogens is 3. The van der Waals surface area contributed by atoms with E-state index in [0.717, 1.165) is 6.42 Å². The maximum atomic E-state index is 11.9. The summed E-state index contributed by atoms with van der Waals surface area (Å²) in [6.07, 6.45) is 7.60. The number of carbonyl (C=O) groups is 2. The number of nitrogens with one attached hydrogen (secondary N) is 1. The normalized spacial score (nSPS) is 20.9. The predicted octanol–water partition coefficient (Wildman–Crippen LogP) is 0.960. The van der Waals surface area contributed by atoms with E-state index in [9.17, 15) is 23.1 Å². The zero-order valence-electron chi connectivity index (χ0n) is 16.5. The lowest BCUT2D eigenvalue weighted by Crippen LogP contribution is -2.40. The topological polar surface area (TPSA) is 131 Å².